The van der Waals surface area contributed by atoms with Crippen molar-refractivity contribution in [3.8, 4) is 11.5 Å². The van der Waals surface area contributed by atoms with E-state index in [0.717, 1.165) is 11.3 Å². The highest BCUT2D eigenvalue weighted by Crippen LogP contribution is 2.28. The molecule has 0 aliphatic carbocycles. The van der Waals surface area contributed by atoms with Gasteiger partial charge in [-0.25, -0.2) is 0 Å². The number of rotatable bonds is 8. The zero-order valence-electron chi connectivity index (χ0n) is 17.2. The number of carbonyl (C=O) groups excluding carboxylic acids is 2. The van der Waals surface area contributed by atoms with Crippen LogP contribution in [0.1, 0.15) is 30.3 Å². The van der Waals surface area contributed by atoms with Crippen LogP contribution in [0.5, 0.6) is 11.5 Å². The lowest BCUT2D eigenvalue weighted by molar-refractivity contribution is -0.153. The summed E-state index contributed by atoms with van der Waals surface area (Å²) in [6, 6.07) is 5.46. The Morgan fingerprint density at radius 3 is 2.43 bits per heavy atom. The van der Waals surface area contributed by atoms with Gasteiger partial charge >= 0.3 is 5.97 Å². The van der Waals surface area contributed by atoms with Crippen molar-refractivity contribution in [1.29, 1.82) is 0 Å². The van der Waals surface area contributed by atoms with Crippen molar-refractivity contribution in [3.63, 3.8) is 0 Å². The van der Waals surface area contributed by atoms with Crippen molar-refractivity contribution in [1.82, 2.24) is 9.78 Å². The molecule has 2 rings (SSSR count). The van der Waals surface area contributed by atoms with Crippen molar-refractivity contribution in [2.45, 2.75) is 39.7 Å². The van der Waals surface area contributed by atoms with E-state index in [-0.39, 0.29) is 6.42 Å². The van der Waals surface area contributed by atoms with E-state index in [0.29, 0.717) is 29.3 Å². The number of aromatic nitrogens is 2. The zero-order chi connectivity index (χ0) is 20.8. The predicted molar refractivity (Wildman–Crippen MR) is 105 cm³/mol. The van der Waals surface area contributed by atoms with Crippen LogP contribution in [-0.4, -0.2) is 42.0 Å². The van der Waals surface area contributed by atoms with Gasteiger partial charge in [0.05, 0.1) is 31.3 Å². The van der Waals surface area contributed by atoms with Crippen LogP contribution in [0, 0.1) is 13.8 Å². The van der Waals surface area contributed by atoms with Gasteiger partial charge in [0.25, 0.3) is 5.91 Å². The van der Waals surface area contributed by atoms with Gasteiger partial charge in [-0.2, -0.15) is 5.10 Å². The van der Waals surface area contributed by atoms with Crippen molar-refractivity contribution >= 4 is 17.6 Å². The fourth-order valence-corrected chi connectivity index (χ4v) is 2.77. The summed E-state index contributed by atoms with van der Waals surface area (Å²) < 4.78 is 17.4. The Morgan fingerprint density at radius 2 is 1.86 bits per heavy atom. The van der Waals surface area contributed by atoms with E-state index in [1.165, 1.54) is 0 Å². The number of carbonyl (C=O) groups is 2. The summed E-state index contributed by atoms with van der Waals surface area (Å²) in [6.45, 7) is 5.21. The molecule has 1 aromatic carbocycles. The molecule has 152 valence electrons. The number of hydrogen-bond acceptors (Lipinski definition) is 6. The third-order valence-electron chi connectivity index (χ3n) is 4.50. The number of methoxy groups -OCH3 is 2. The second-order valence-electron chi connectivity index (χ2n) is 6.48. The lowest BCUT2D eigenvalue weighted by Crippen LogP contribution is -2.30. The van der Waals surface area contributed by atoms with Crippen LogP contribution in [0.15, 0.2) is 18.2 Å². The summed E-state index contributed by atoms with van der Waals surface area (Å²) >= 11 is 0. The Labute approximate surface area is 164 Å². The average Bonchev–Trinajstić information content (AvgIpc) is 2.91. The van der Waals surface area contributed by atoms with Gasteiger partial charge in [0.15, 0.2) is 17.6 Å². The van der Waals surface area contributed by atoms with Gasteiger partial charge in [0.2, 0.25) is 0 Å². The Bertz CT molecular complexity index is 860. The maximum Gasteiger partial charge on any atom is 0.306 e. The molecule has 0 spiro atoms. The van der Waals surface area contributed by atoms with Crippen molar-refractivity contribution in [2.75, 3.05) is 19.5 Å². The maximum absolute atomic E-state index is 12.3. The lowest BCUT2D eigenvalue weighted by Gasteiger charge is -2.14. The quantitative estimate of drug-likeness (QED) is 0.698. The Balaban J connectivity index is 1.89. The second kappa shape index (κ2) is 9.25. The molecular formula is C20H27N3O5. The number of nitrogens with one attached hydrogen (secondary N) is 1. The van der Waals surface area contributed by atoms with Crippen LogP contribution in [0.2, 0.25) is 0 Å². The number of amides is 1. The zero-order valence-corrected chi connectivity index (χ0v) is 17.2. The predicted octanol–water partition coefficient (Wildman–Crippen LogP) is 2.56. The first kappa shape index (κ1) is 21.3. The number of benzene rings is 1. The van der Waals surface area contributed by atoms with E-state index in [1.54, 1.807) is 38.9 Å². The molecule has 8 nitrogen and oxygen atoms in total. The number of ether oxygens (including phenoxy) is 3. The molecule has 8 heteroatoms. The monoisotopic (exact) mass is 389 g/mol. The number of nitrogens with zero attached hydrogens (tertiary/aromatic N) is 2. The molecule has 0 unspecified atom stereocenters. The molecular weight excluding hydrogens is 362 g/mol. The van der Waals surface area contributed by atoms with E-state index in [4.69, 9.17) is 14.2 Å². The molecule has 1 aromatic heterocycles. The third kappa shape index (κ3) is 5.03. The smallest absolute Gasteiger partial charge is 0.306 e. The molecule has 1 atom stereocenters. The van der Waals surface area contributed by atoms with E-state index in [1.807, 2.05) is 26.0 Å². The summed E-state index contributed by atoms with van der Waals surface area (Å²) in [6.07, 6.45) is -0.288. The summed E-state index contributed by atoms with van der Waals surface area (Å²) in [5, 5.41) is 7.02. The fraction of sp³-hybridized carbons (Fsp3) is 0.450. The van der Waals surface area contributed by atoms with Crippen molar-refractivity contribution < 1.29 is 23.8 Å². The van der Waals surface area contributed by atoms with Gasteiger partial charge in [0.1, 0.15) is 0 Å². The lowest BCUT2D eigenvalue weighted by atomic mass is 10.1. The number of esters is 1. The average molecular weight is 389 g/mol. The third-order valence-corrected chi connectivity index (χ3v) is 4.50. The first-order valence-corrected chi connectivity index (χ1v) is 8.98. The highest BCUT2D eigenvalue weighted by Gasteiger charge is 2.21. The van der Waals surface area contributed by atoms with Crippen molar-refractivity contribution in [3.05, 3.63) is 35.2 Å². The fourth-order valence-electron chi connectivity index (χ4n) is 2.77. The molecule has 1 N–H and O–H groups in total. The molecule has 0 saturated carbocycles. The summed E-state index contributed by atoms with van der Waals surface area (Å²) in [7, 11) is 4.92. The Kier molecular flexibility index (Phi) is 7.03. The topological polar surface area (TPSA) is 91.7 Å². The van der Waals surface area contributed by atoms with Gasteiger partial charge in [-0.15, -0.1) is 0 Å². The summed E-state index contributed by atoms with van der Waals surface area (Å²) in [5.74, 6) is 0.388. The number of hydrogen-bond donors (Lipinski definition) is 1. The van der Waals surface area contributed by atoms with Crippen LogP contribution in [0.25, 0.3) is 0 Å². The maximum atomic E-state index is 12.3. The first-order valence-electron chi connectivity index (χ1n) is 8.98. The van der Waals surface area contributed by atoms with Gasteiger partial charge < -0.3 is 19.5 Å². The molecule has 0 aliphatic rings. The van der Waals surface area contributed by atoms with Crippen molar-refractivity contribution in [2.24, 2.45) is 7.05 Å². The van der Waals surface area contributed by atoms with E-state index in [2.05, 4.69) is 10.4 Å². The molecule has 0 fully saturated rings. The van der Waals surface area contributed by atoms with Crippen LogP contribution in [0.4, 0.5) is 5.69 Å². The minimum Gasteiger partial charge on any atom is -0.493 e. The standard InChI is InChI=1S/C20H27N3O5/c1-12-19(13(2)23(4)22-12)21-20(25)14(3)28-18(24)10-8-15-7-9-16(26-5)17(11-15)27-6/h7,9,11,14H,8,10H2,1-6H3,(H,21,25)/t14-/m1/s1. The Morgan fingerprint density at radius 1 is 1.18 bits per heavy atom. The number of aryl methyl sites for hydroxylation is 3. The van der Waals surface area contributed by atoms with Gasteiger partial charge in [-0.05, 0) is 44.9 Å². The largest absolute Gasteiger partial charge is 0.493 e. The molecule has 1 heterocycles. The molecule has 0 saturated heterocycles. The minimum absolute atomic E-state index is 0.151. The van der Waals surface area contributed by atoms with Crippen LogP contribution >= 0.6 is 0 Å². The first-order chi connectivity index (χ1) is 13.3. The van der Waals surface area contributed by atoms with E-state index >= 15 is 0 Å². The molecule has 1 amide bonds. The summed E-state index contributed by atoms with van der Waals surface area (Å²) in [5.41, 5.74) is 3.09. The molecule has 0 radical (unpaired) electrons. The molecule has 0 aliphatic heterocycles. The highest BCUT2D eigenvalue weighted by molar-refractivity contribution is 5.96. The van der Waals surface area contributed by atoms with E-state index in [9.17, 15) is 9.59 Å². The summed E-state index contributed by atoms with van der Waals surface area (Å²) in [4.78, 5) is 24.5. The minimum atomic E-state index is -0.906. The SMILES string of the molecule is COc1ccc(CCC(=O)O[C@H](C)C(=O)Nc2c(C)nn(C)c2C)cc1OC. The van der Waals surface area contributed by atoms with Gasteiger partial charge in [-0.3, -0.25) is 14.3 Å². The number of anilines is 1. The van der Waals surface area contributed by atoms with Crippen LogP contribution in [-0.2, 0) is 27.8 Å². The van der Waals surface area contributed by atoms with Gasteiger partial charge in [0, 0.05) is 13.5 Å². The second-order valence-corrected chi connectivity index (χ2v) is 6.48. The van der Waals surface area contributed by atoms with Crippen LogP contribution < -0.4 is 14.8 Å². The Hall–Kier alpha value is -3.03. The highest BCUT2D eigenvalue weighted by atomic mass is 16.5. The molecule has 28 heavy (non-hydrogen) atoms. The van der Waals surface area contributed by atoms with Crippen LogP contribution in [0.3, 0.4) is 0 Å². The van der Waals surface area contributed by atoms with E-state index < -0.39 is 18.0 Å². The van der Waals surface area contributed by atoms with Gasteiger partial charge in [-0.1, -0.05) is 6.07 Å². The molecule has 2 aromatic rings. The molecule has 0 bridgehead atoms. The normalized spacial score (nSPS) is 11.6.